The van der Waals surface area contributed by atoms with E-state index >= 15 is 0 Å². The first-order valence-electron chi connectivity index (χ1n) is 10.1. The first kappa shape index (κ1) is 20.5. The van der Waals surface area contributed by atoms with Gasteiger partial charge in [0.15, 0.2) is 11.5 Å². The molecule has 7 heteroatoms. The summed E-state index contributed by atoms with van der Waals surface area (Å²) in [5, 5.41) is 3.17. The monoisotopic (exact) mass is 389 g/mol. The number of nitrogens with two attached hydrogens (primary N) is 1. The molecule has 1 aromatic carbocycles. The molecule has 1 heterocycles. The molecule has 1 aliphatic carbocycles. The fourth-order valence-electron chi connectivity index (χ4n) is 4.16. The van der Waals surface area contributed by atoms with Gasteiger partial charge in [0.1, 0.15) is 0 Å². The fourth-order valence-corrected chi connectivity index (χ4v) is 4.16. The summed E-state index contributed by atoms with van der Waals surface area (Å²) in [5.74, 6) is 1.28. The topological polar surface area (TPSA) is 93.9 Å². The summed E-state index contributed by atoms with van der Waals surface area (Å²) in [6, 6.07) is 5.48. The second-order valence-electron chi connectivity index (χ2n) is 7.77. The average Bonchev–Trinajstić information content (AvgIpc) is 2.73. The van der Waals surface area contributed by atoms with Crippen molar-refractivity contribution in [3.8, 4) is 11.5 Å². The van der Waals surface area contributed by atoms with Crippen molar-refractivity contribution in [3.63, 3.8) is 0 Å². The van der Waals surface area contributed by atoms with E-state index in [1.165, 1.54) is 0 Å². The third-order valence-corrected chi connectivity index (χ3v) is 5.84. The number of methoxy groups -OCH3 is 2. The lowest BCUT2D eigenvalue weighted by Crippen LogP contribution is -2.48. The van der Waals surface area contributed by atoms with Crippen LogP contribution in [-0.4, -0.2) is 56.1 Å². The summed E-state index contributed by atoms with van der Waals surface area (Å²) in [6.07, 6.45) is 5.28. The minimum atomic E-state index is -0.0241. The number of hydrogen-bond donors (Lipinski definition) is 2. The fraction of sp³-hybridized carbons (Fsp3) is 0.619. The maximum atomic E-state index is 12.8. The Morgan fingerprint density at radius 3 is 2.43 bits per heavy atom. The van der Waals surface area contributed by atoms with Crippen LogP contribution >= 0.6 is 0 Å². The largest absolute Gasteiger partial charge is 0.493 e. The maximum Gasteiger partial charge on any atom is 0.253 e. The van der Waals surface area contributed by atoms with Gasteiger partial charge in [-0.05, 0) is 50.3 Å². The molecule has 2 atom stereocenters. The van der Waals surface area contributed by atoms with Gasteiger partial charge in [0.2, 0.25) is 5.91 Å². The highest BCUT2D eigenvalue weighted by Crippen LogP contribution is 2.28. The van der Waals surface area contributed by atoms with Crippen LogP contribution in [0, 0.1) is 5.92 Å². The van der Waals surface area contributed by atoms with Crippen molar-refractivity contribution in [1.82, 2.24) is 10.2 Å². The zero-order chi connectivity index (χ0) is 20.1. The van der Waals surface area contributed by atoms with Crippen LogP contribution in [0.3, 0.4) is 0 Å². The summed E-state index contributed by atoms with van der Waals surface area (Å²) < 4.78 is 10.5. The van der Waals surface area contributed by atoms with Crippen LogP contribution in [0.25, 0.3) is 0 Å². The summed E-state index contributed by atoms with van der Waals surface area (Å²) in [7, 11) is 3.12. The smallest absolute Gasteiger partial charge is 0.253 e. The number of likely N-dealkylation sites (tertiary alicyclic amines) is 1. The van der Waals surface area contributed by atoms with E-state index in [4.69, 9.17) is 15.2 Å². The predicted octanol–water partition coefficient (Wildman–Crippen LogP) is 1.94. The maximum absolute atomic E-state index is 12.8. The summed E-state index contributed by atoms with van der Waals surface area (Å²) in [4.78, 5) is 27.1. The molecule has 0 spiro atoms. The molecule has 0 bridgehead atoms. The quantitative estimate of drug-likeness (QED) is 0.803. The summed E-state index contributed by atoms with van der Waals surface area (Å²) in [5.41, 5.74) is 6.58. The van der Waals surface area contributed by atoms with E-state index in [2.05, 4.69) is 5.32 Å². The predicted molar refractivity (Wildman–Crippen MR) is 107 cm³/mol. The Balaban J connectivity index is 1.52. The van der Waals surface area contributed by atoms with Crippen LogP contribution in [0.15, 0.2) is 18.2 Å². The number of nitrogens with zero attached hydrogens (tertiary/aromatic N) is 1. The van der Waals surface area contributed by atoms with Gasteiger partial charge in [-0.1, -0.05) is 6.42 Å². The van der Waals surface area contributed by atoms with Crippen LogP contribution in [0.5, 0.6) is 11.5 Å². The van der Waals surface area contributed by atoms with Gasteiger partial charge < -0.3 is 25.4 Å². The van der Waals surface area contributed by atoms with E-state index < -0.39 is 0 Å². The molecule has 154 valence electrons. The molecule has 1 aliphatic heterocycles. The van der Waals surface area contributed by atoms with Gasteiger partial charge in [0, 0.05) is 36.7 Å². The molecule has 2 unspecified atom stereocenters. The number of hydrogen-bond acceptors (Lipinski definition) is 5. The molecule has 1 saturated carbocycles. The lowest BCUT2D eigenvalue weighted by atomic mass is 9.85. The molecule has 3 rings (SSSR count). The number of amides is 2. The molecule has 2 aliphatic rings. The summed E-state index contributed by atoms with van der Waals surface area (Å²) in [6.45, 7) is 1.25. The van der Waals surface area contributed by atoms with Gasteiger partial charge in [-0.15, -0.1) is 0 Å². The van der Waals surface area contributed by atoms with Gasteiger partial charge in [-0.3, -0.25) is 9.59 Å². The van der Waals surface area contributed by atoms with Crippen LogP contribution < -0.4 is 20.5 Å². The van der Waals surface area contributed by atoms with Crippen molar-refractivity contribution in [2.24, 2.45) is 11.7 Å². The number of benzene rings is 1. The van der Waals surface area contributed by atoms with Gasteiger partial charge in [0.25, 0.3) is 5.91 Å². The molecule has 0 aromatic heterocycles. The van der Waals surface area contributed by atoms with Crippen LogP contribution in [-0.2, 0) is 4.79 Å². The van der Waals surface area contributed by atoms with E-state index in [0.29, 0.717) is 30.2 Å². The van der Waals surface area contributed by atoms with Crippen LogP contribution in [0.2, 0.25) is 0 Å². The molecule has 0 radical (unpaired) electrons. The SMILES string of the molecule is COc1ccc(C(=O)N2CCC(NC(=O)C3CCCC(N)C3)CC2)cc1OC. The van der Waals surface area contributed by atoms with Gasteiger partial charge in [-0.25, -0.2) is 0 Å². The van der Waals surface area contributed by atoms with Crippen LogP contribution in [0.4, 0.5) is 0 Å². The molecule has 28 heavy (non-hydrogen) atoms. The van der Waals surface area contributed by atoms with Crippen molar-refractivity contribution in [2.75, 3.05) is 27.3 Å². The minimum absolute atomic E-state index is 0.0241. The minimum Gasteiger partial charge on any atom is -0.493 e. The molecule has 7 nitrogen and oxygen atoms in total. The lowest BCUT2D eigenvalue weighted by Gasteiger charge is -2.34. The highest BCUT2D eigenvalue weighted by Gasteiger charge is 2.29. The molecule has 1 saturated heterocycles. The first-order valence-corrected chi connectivity index (χ1v) is 10.1. The average molecular weight is 389 g/mol. The Hall–Kier alpha value is -2.28. The molecule has 1 aromatic rings. The number of carbonyl (C=O) groups is 2. The summed E-state index contributed by atoms with van der Waals surface area (Å²) >= 11 is 0. The van der Waals surface area contributed by atoms with E-state index in [-0.39, 0.29) is 29.8 Å². The van der Waals surface area contributed by atoms with E-state index in [9.17, 15) is 9.59 Å². The normalized spacial score (nSPS) is 23.2. The van der Waals surface area contributed by atoms with Crippen molar-refractivity contribution >= 4 is 11.8 Å². The standard InChI is InChI=1S/C21H31N3O4/c1-27-18-7-6-15(13-19(18)28-2)21(26)24-10-8-17(9-11-24)23-20(25)14-4-3-5-16(22)12-14/h6-7,13-14,16-17H,3-5,8-12,22H2,1-2H3,(H,23,25). The zero-order valence-electron chi connectivity index (χ0n) is 16.8. The zero-order valence-corrected chi connectivity index (χ0v) is 16.8. The Bertz CT molecular complexity index is 701. The number of piperidine rings is 1. The van der Waals surface area contributed by atoms with E-state index in [1.54, 1.807) is 32.4 Å². The number of carbonyl (C=O) groups excluding carboxylic acids is 2. The van der Waals surface area contributed by atoms with Crippen LogP contribution in [0.1, 0.15) is 48.9 Å². The Morgan fingerprint density at radius 1 is 1.07 bits per heavy atom. The van der Waals surface area contributed by atoms with E-state index in [0.717, 1.165) is 38.5 Å². The molecular weight excluding hydrogens is 358 g/mol. The second kappa shape index (κ2) is 9.28. The molecule has 3 N–H and O–H groups in total. The van der Waals surface area contributed by atoms with Gasteiger partial charge in [0.05, 0.1) is 14.2 Å². The number of ether oxygens (including phenoxy) is 2. The first-order chi connectivity index (χ1) is 13.5. The molecule has 2 amide bonds. The molecule has 2 fully saturated rings. The second-order valence-corrected chi connectivity index (χ2v) is 7.77. The number of rotatable bonds is 5. The Labute approximate surface area is 166 Å². The lowest BCUT2D eigenvalue weighted by molar-refractivity contribution is -0.127. The Morgan fingerprint density at radius 2 is 1.79 bits per heavy atom. The van der Waals surface area contributed by atoms with Crippen molar-refractivity contribution in [1.29, 1.82) is 0 Å². The van der Waals surface area contributed by atoms with Gasteiger partial charge in [-0.2, -0.15) is 0 Å². The third-order valence-electron chi connectivity index (χ3n) is 5.84. The molecular formula is C21H31N3O4. The third kappa shape index (κ3) is 4.76. The van der Waals surface area contributed by atoms with Gasteiger partial charge >= 0.3 is 0 Å². The van der Waals surface area contributed by atoms with Crippen molar-refractivity contribution in [3.05, 3.63) is 23.8 Å². The Kier molecular flexibility index (Phi) is 6.78. The van der Waals surface area contributed by atoms with E-state index in [1.807, 2.05) is 4.90 Å². The highest BCUT2D eigenvalue weighted by molar-refractivity contribution is 5.95. The van der Waals surface area contributed by atoms with Crippen molar-refractivity contribution in [2.45, 2.75) is 50.6 Å². The van der Waals surface area contributed by atoms with Crippen molar-refractivity contribution < 1.29 is 19.1 Å². The highest BCUT2D eigenvalue weighted by atomic mass is 16.5. The number of nitrogens with one attached hydrogen (secondary N) is 1.